The van der Waals surface area contributed by atoms with Gasteiger partial charge in [0.05, 0.1) is 6.61 Å². The highest BCUT2D eigenvalue weighted by atomic mass is 16.5. The first-order valence-electron chi connectivity index (χ1n) is 7.24. The van der Waals surface area contributed by atoms with Crippen LogP contribution in [-0.4, -0.2) is 36.0 Å². The molecule has 1 aliphatic rings. The van der Waals surface area contributed by atoms with Gasteiger partial charge in [0, 0.05) is 12.1 Å². The van der Waals surface area contributed by atoms with Crippen LogP contribution in [0.4, 0.5) is 0 Å². The third kappa shape index (κ3) is 2.84. The molecular weight excluding hydrogens is 254 g/mol. The summed E-state index contributed by atoms with van der Waals surface area (Å²) < 4.78 is 5.07. The maximum Gasteiger partial charge on any atom is 0.328 e. The van der Waals surface area contributed by atoms with Crippen LogP contribution < -0.4 is 0 Å². The molecule has 1 fully saturated rings. The SMILES string of the molecule is CCOC(=O)C1CCCN1C(=O)c1ccccc1CC. The number of nitrogens with zero attached hydrogens (tertiary/aromatic N) is 1. The number of ether oxygens (including phenoxy) is 1. The summed E-state index contributed by atoms with van der Waals surface area (Å²) in [6.07, 6.45) is 2.35. The Balaban J connectivity index is 2.21. The number of amides is 1. The van der Waals surface area contributed by atoms with Gasteiger partial charge in [-0.25, -0.2) is 4.79 Å². The average molecular weight is 275 g/mol. The second kappa shape index (κ2) is 6.55. The predicted molar refractivity (Wildman–Crippen MR) is 76.5 cm³/mol. The molecule has 0 radical (unpaired) electrons. The number of carbonyl (C=O) groups excluding carboxylic acids is 2. The van der Waals surface area contributed by atoms with Crippen molar-refractivity contribution in [3.05, 3.63) is 35.4 Å². The molecule has 0 spiro atoms. The molecule has 108 valence electrons. The molecule has 1 heterocycles. The topological polar surface area (TPSA) is 46.6 Å². The summed E-state index contributed by atoms with van der Waals surface area (Å²) >= 11 is 0. The summed E-state index contributed by atoms with van der Waals surface area (Å²) in [4.78, 5) is 26.3. The van der Waals surface area contributed by atoms with Crippen molar-refractivity contribution < 1.29 is 14.3 Å². The minimum atomic E-state index is -0.424. The highest BCUT2D eigenvalue weighted by molar-refractivity contribution is 5.98. The Morgan fingerprint density at radius 1 is 1.30 bits per heavy atom. The summed E-state index contributed by atoms with van der Waals surface area (Å²) in [7, 11) is 0. The average Bonchev–Trinajstić information content (AvgIpc) is 2.96. The number of aryl methyl sites for hydroxylation is 1. The minimum absolute atomic E-state index is 0.0574. The summed E-state index contributed by atoms with van der Waals surface area (Å²) in [5, 5.41) is 0. The molecule has 0 aromatic heterocycles. The van der Waals surface area contributed by atoms with Crippen LogP contribution >= 0.6 is 0 Å². The van der Waals surface area contributed by atoms with Gasteiger partial charge < -0.3 is 9.64 Å². The molecule has 20 heavy (non-hydrogen) atoms. The molecule has 4 heteroatoms. The number of carbonyl (C=O) groups is 2. The molecule has 1 amide bonds. The van der Waals surface area contributed by atoms with E-state index in [0.717, 1.165) is 18.4 Å². The Kier molecular flexibility index (Phi) is 4.77. The van der Waals surface area contributed by atoms with E-state index in [-0.39, 0.29) is 11.9 Å². The zero-order chi connectivity index (χ0) is 14.5. The third-order valence-corrected chi connectivity index (χ3v) is 3.70. The smallest absolute Gasteiger partial charge is 0.328 e. The fourth-order valence-corrected chi connectivity index (χ4v) is 2.69. The van der Waals surface area contributed by atoms with E-state index in [2.05, 4.69) is 0 Å². The van der Waals surface area contributed by atoms with Crippen molar-refractivity contribution >= 4 is 11.9 Å². The molecule has 0 saturated carbocycles. The first-order valence-corrected chi connectivity index (χ1v) is 7.24. The van der Waals surface area contributed by atoms with Gasteiger partial charge in [-0.1, -0.05) is 25.1 Å². The summed E-state index contributed by atoms with van der Waals surface area (Å²) in [5.74, 6) is -0.342. The van der Waals surface area contributed by atoms with Crippen molar-refractivity contribution in [3.8, 4) is 0 Å². The van der Waals surface area contributed by atoms with Crippen LogP contribution in [0.15, 0.2) is 24.3 Å². The summed E-state index contributed by atoms with van der Waals surface area (Å²) in [5.41, 5.74) is 1.72. The largest absolute Gasteiger partial charge is 0.464 e. The van der Waals surface area contributed by atoms with Gasteiger partial charge in [-0.2, -0.15) is 0 Å². The predicted octanol–water partition coefficient (Wildman–Crippen LogP) is 2.42. The molecule has 1 aliphatic heterocycles. The fourth-order valence-electron chi connectivity index (χ4n) is 2.69. The van der Waals surface area contributed by atoms with Gasteiger partial charge in [0.25, 0.3) is 5.91 Å². The normalized spacial score (nSPS) is 18.1. The zero-order valence-electron chi connectivity index (χ0n) is 12.1. The van der Waals surface area contributed by atoms with E-state index in [9.17, 15) is 9.59 Å². The number of rotatable bonds is 4. The van der Waals surface area contributed by atoms with E-state index < -0.39 is 6.04 Å². The Bertz CT molecular complexity index is 498. The van der Waals surface area contributed by atoms with Crippen LogP contribution in [-0.2, 0) is 16.0 Å². The second-order valence-electron chi connectivity index (χ2n) is 4.92. The molecule has 1 aromatic carbocycles. The van der Waals surface area contributed by atoms with Gasteiger partial charge in [0.2, 0.25) is 0 Å². The van der Waals surface area contributed by atoms with Gasteiger partial charge in [0.1, 0.15) is 6.04 Å². The van der Waals surface area contributed by atoms with Crippen LogP contribution in [0.2, 0.25) is 0 Å². The summed E-state index contributed by atoms with van der Waals surface area (Å²) in [6.45, 7) is 4.79. The van der Waals surface area contributed by atoms with Crippen LogP contribution in [0.25, 0.3) is 0 Å². The lowest BCUT2D eigenvalue weighted by atomic mass is 10.0. The highest BCUT2D eigenvalue weighted by Crippen LogP contribution is 2.23. The molecule has 1 unspecified atom stereocenters. The quantitative estimate of drug-likeness (QED) is 0.793. The van der Waals surface area contributed by atoms with Gasteiger partial charge >= 0.3 is 5.97 Å². The van der Waals surface area contributed by atoms with Crippen LogP contribution in [0.1, 0.15) is 42.6 Å². The van der Waals surface area contributed by atoms with Crippen molar-refractivity contribution in [1.82, 2.24) is 4.90 Å². The number of hydrogen-bond acceptors (Lipinski definition) is 3. The first kappa shape index (κ1) is 14.6. The lowest BCUT2D eigenvalue weighted by molar-refractivity contribution is -0.147. The Morgan fingerprint density at radius 3 is 2.75 bits per heavy atom. The van der Waals surface area contributed by atoms with E-state index in [4.69, 9.17) is 4.74 Å². The molecule has 1 aromatic rings. The van der Waals surface area contributed by atoms with E-state index in [1.807, 2.05) is 31.2 Å². The number of hydrogen-bond donors (Lipinski definition) is 0. The fraction of sp³-hybridized carbons (Fsp3) is 0.500. The first-order chi connectivity index (χ1) is 9.69. The van der Waals surface area contributed by atoms with E-state index >= 15 is 0 Å². The van der Waals surface area contributed by atoms with E-state index in [1.54, 1.807) is 11.8 Å². The van der Waals surface area contributed by atoms with E-state index in [1.165, 1.54) is 0 Å². The molecule has 0 bridgehead atoms. The lowest BCUT2D eigenvalue weighted by Crippen LogP contribution is -2.41. The summed E-state index contributed by atoms with van der Waals surface area (Å²) in [6, 6.07) is 7.17. The molecule has 1 saturated heterocycles. The van der Waals surface area contributed by atoms with Gasteiger partial charge in [-0.05, 0) is 37.8 Å². The maximum atomic E-state index is 12.7. The maximum absolute atomic E-state index is 12.7. The molecule has 2 rings (SSSR count). The van der Waals surface area contributed by atoms with Crippen molar-refractivity contribution in [3.63, 3.8) is 0 Å². The second-order valence-corrected chi connectivity index (χ2v) is 4.92. The minimum Gasteiger partial charge on any atom is -0.464 e. The lowest BCUT2D eigenvalue weighted by Gasteiger charge is -2.24. The standard InChI is InChI=1S/C16H21NO3/c1-3-12-8-5-6-9-13(12)15(18)17-11-7-10-14(17)16(19)20-4-2/h5-6,8-9,14H,3-4,7,10-11H2,1-2H3. The zero-order valence-corrected chi connectivity index (χ0v) is 12.1. The van der Waals surface area contributed by atoms with Crippen molar-refractivity contribution in [2.45, 2.75) is 39.2 Å². The van der Waals surface area contributed by atoms with Crippen LogP contribution in [0, 0.1) is 0 Å². The van der Waals surface area contributed by atoms with Crippen molar-refractivity contribution in [1.29, 1.82) is 0 Å². The third-order valence-electron chi connectivity index (χ3n) is 3.70. The van der Waals surface area contributed by atoms with Crippen LogP contribution in [0.3, 0.4) is 0 Å². The Morgan fingerprint density at radius 2 is 2.05 bits per heavy atom. The highest BCUT2D eigenvalue weighted by Gasteiger charge is 2.35. The number of benzene rings is 1. The number of likely N-dealkylation sites (tertiary alicyclic amines) is 1. The van der Waals surface area contributed by atoms with E-state index in [0.29, 0.717) is 25.1 Å². The number of esters is 1. The Labute approximate surface area is 119 Å². The van der Waals surface area contributed by atoms with Gasteiger partial charge in [-0.3, -0.25) is 4.79 Å². The molecular formula is C16H21NO3. The van der Waals surface area contributed by atoms with Crippen LogP contribution in [0.5, 0.6) is 0 Å². The molecule has 4 nitrogen and oxygen atoms in total. The van der Waals surface area contributed by atoms with Gasteiger partial charge in [0.15, 0.2) is 0 Å². The van der Waals surface area contributed by atoms with Gasteiger partial charge in [-0.15, -0.1) is 0 Å². The van der Waals surface area contributed by atoms with Crippen molar-refractivity contribution in [2.24, 2.45) is 0 Å². The monoisotopic (exact) mass is 275 g/mol. The molecule has 1 atom stereocenters. The Hall–Kier alpha value is -1.84. The van der Waals surface area contributed by atoms with Crippen molar-refractivity contribution in [2.75, 3.05) is 13.2 Å². The molecule has 0 aliphatic carbocycles. The molecule has 0 N–H and O–H groups in total.